The number of hydrogen-bond donors (Lipinski definition) is 0. The first kappa shape index (κ1) is 12.7. The standard InChI is InChI=1S/C13H18O3/c1-10(2)8-16-12-6-4-11(5-7-12)13(14)9-15-3/h4-7,10H,8-9H2,1-3H3. The van der Waals surface area contributed by atoms with Gasteiger partial charge < -0.3 is 9.47 Å². The zero-order chi connectivity index (χ0) is 12.0. The Morgan fingerprint density at radius 3 is 2.38 bits per heavy atom. The first-order valence-corrected chi connectivity index (χ1v) is 5.38. The minimum atomic E-state index is -0.0158. The molecule has 0 bridgehead atoms. The van der Waals surface area contributed by atoms with E-state index in [2.05, 4.69) is 13.8 Å². The number of ether oxygens (including phenoxy) is 2. The molecule has 16 heavy (non-hydrogen) atoms. The van der Waals surface area contributed by atoms with Crippen molar-refractivity contribution in [3.63, 3.8) is 0 Å². The van der Waals surface area contributed by atoms with Gasteiger partial charge in [0.2, 0.25) is 0 Å². The van der Waals surface area contributed by atoms with Crippen molar-refractivity contribution in [3.8, 4) is 5.75 Å². The Labute approximate surface area is 96.4 Å². The molecule has 0 aromatic heterocycles. The molecule has 0 aliphatic rings. The van der Waals surface area contributed by atoms with Crippen LogP contribution in [0.5, 0.6) is 5.75 Å². The molecule has 0 amide bonds. The van der Waals surface area contributed by atoms with Crippen LogP contribution in [0.15, 0.2) is 24.3 Å². The van der Waals surface area contributed by atoms with E-state index in [9.17, 15) is 4.79 Å². The van der Waals surface area contributed by atoms with E-state index in [-0.39, 0.29) is 12.4 Å². The van der Waals surface area contributed by atoms with E-state index >= 15 is 0 Å². The van der Waals surface area contributed by atoms with E-state index in [1.54, 1.807) is 12.1 Å². The third-order valence-corrected chi connectivity index (χ3v) is 2.04. The second-order valence-corrected chi connectivity index (χ2v) is 4.09. The molecule has 0 N–H and O–H groups in total. The van der Waals surface area contributed by atoms with Crippen LogP contribution in [0.4, 0.5) is 0 Å². The Bertz CT molecular complexity index is 328. The summed E-state index contributed by atoms with van der Waals surface area (Å²) in [7, 11) is 1.51. The molecule has 1 aromatic rings. The molecule has 0 fully saturated rings. The molecule has 0 saturated carbocycles. The summed E-state index contributed by atoms with van der Waals surface area (Å²) in [5.74, 6) is 1.27. The average molecular weight is 222 g/mol. The third-order valence-electron chi connectivity index (χ3n) is 2.04. The predicted molar refractivity (Wildman–Crippen MR) is 63.0 cm³/mol. The Morgan fingerprint density at radius 1 is 1.25 bits per heavy atom. The summed E-state index contributed by atoms with van der Waals surface area (Å²) in [5, 5.41) is 0. The van der Waals surface area contributed by atoms with Crippen LogP contribution >= 0.6 is 0 Å². The Hall–Kier alpha value is -1.35. The van der Waals surface area contributed by atoms with Crippen molar-refractivity contribution in [2.75, 3.05) is 20.3 Å². The Balaban J connectivity index is 2.57. The summed E-state index contributed by atoms with van der Waals surface area (Å²) in [6, 6.07) is 7.14. The fourth-order valence-corrected chi connectivity index (χ4v) is 1.21. The first-order valence-electron chi connectivity index (χ1n) is 5.38. The largest absolute Gasteiger partial charge is 0.493 e. The Kier molecular flexibility index (Phi) is 4.99. The zero-order valence-corrected chi connectivity index (χ0v) is 10.0. The summed E-state index contributed by atoms with van der Waals surface area (Å²) >= 11 is 0. The number of Topliss-reactive ketones (excluding diaryl/α,β-unsaturated/α-hetero) is 1. The van der Waals surface area contributed by atoms with Gasteiger partial charge in [-0.2, -0.15) is 0 Å². The number of methoxy groups -OCH3 is 1. The van der Waals surface area contributed by atoms with E-state index in [1.807, 2.05) is 12.1 Å². The minimum Gasteiger partial charge on any atom is -0.493 e. The average Bonchev–Trinajstić information content (AvgIpc) is 2.27. The van der Waals surface area contributed by atoms with Crippen LogP contribution in [0.25, 0.3) is 0 Å². The first-order chi connectivity index (χ1) is 7.63. The number of carbonyl (C=O) groups is 1. The highest BCUT2D eigenvalue weighted by atomic mass is 16.5. The highest BCUT2D eigenvalue weighted by Gasteiger charge is 2.05. The predicted octanol–water partition coefficient (Wildman–Crippen LogP) is 2.55. The summed E-state index contributed by atoms with van der Waals surface area (Å²) in [6.07, 6.45) is 0. The Morgan fingerprint density at radius 2 is 1.88 bits per heavy atom. The van der Waals surface area contributed by atoms with Crippen molar-refractivity contribution in [3.05, 3.63) is 29.8 Å². The van der Waals surface area contributed by atoms with Gasteiger partial charge in [0.1, 0.15) is 12.4 Å². The summed E-state index contributed by atoms with van der Waals surface area (Å²) < 4.78 is 10.3. The molecule has 0 aliphatic carbocycles. The normalized spacial score (nSPS) is 10.5. The third kappa shape index (κ3) is 4.03. The van der Waals surface area contributed by atoms with Gasteiger partial charge in [0, 0.05) is 12.7 Å². The van der Waals surface area contributed by atoms with Crippen molar-refractivity contribution >= 4 is 5.78 Å². The smallest absolute Gasteiger partial charge is 0.188 e. The molecule has 0 saturated heterocycles. The van der Waals surface area contributed by atoms with Crippen LogP contribution in [-0.4, -0.2) is 26.1 Å². The number of ketones is 1. The van der Waals surface area contributed by atoms with Crippen LogP contribution in [0, 0.1) is 5.92 Å². The van der Waals surface area contributed by atoms with E-state index < -0.39 is 0 Å². The fourth-order valence-electron chi connectivity index (χ4n) is 1.21. The lowest BCUT2D eigenvalue weighted by atomic mass is 10.1. The molecule has 88 valence electrons. The van der Waals surface area contributed by atoms with Crippen molar-refractivity contribution < 1.29 is 14.3 Å². The van der Waals surface area contributed by atoms with Crippen LogP contribution in [0.1, 0.15) is 24.2 Å². The molecule has 0 unspecified atom stereocenters. The van der Waals surface area contributed by atoms with E-state index in [1.165, 1.54) is 7.11 Å². The highest BCUT2D eigenvalue weighted by Crippen LogP contribution is 2.13. The molecule has 0 aliphatic heterocycles. The molecular weight excluding hydrogens is 204 g/mol. The van der Waals surface area contributed by atoms with Gasteiger partial charge in [0.05, 0.1) is 6.61 Å². The quantitative estimate of drug-likeness (QED) is 0.694. The maximum absolute atomic E-state index is 11.5. The second kappa shape index (κ2) is 6.28. The number of hydrogen-bond acceptors (Lipinski definition) is 3. The second-order valence-electron chi connectivity index (χ2n) is 4.09. The molecule has 0 atom stereocenters. The van der Waals surface area contributed by atoms with Crippen molar-refractivity contribution in [1.82, 2.24) is 0 Å². The molecule has 0 spiro atoms. The fraction of sp³-hybridized carbons (Fsp3) is 0.462. The molecular formula is C13H18O3. The van der Waals surface area contributed by atoms with E-state index in [0.29, 0.717) is 18.1 Å². The lowest BCUT2D eigenvalue weighted by Gasteiger charge is -2.08. The topological polar surface area (TPSA) is 35.5 Å². The van der Waals surface area contributed by atoms with Gasteiger partial charge in [-0.15, -0.1) is 0 Å². The minimum absolute atomic E-state index is 0.0158. The van der Waals surface area contributed by atoms with Gasteiger partial charge >= 0.3 is 0 Å². The molecule has 0 radical (unpaired) electrons. The number of benzene rings is 1. The van der Waals surface area contributed by atoms with Crippen LogP contribution in [-0.2, 0) is 4.74 Å². The lowest BCUT2D eigenvalue weighted by molar-refractivity contribution is 0.0848. The number of carbonyl (C=O) groups excluding carboxylic acids is 1. The van der Waals surface area contributed by atoms with Gasteiger partial charge in [0.25, 0.3) is 0 Å². The van der Waals surface area contributed by atoms with Gasteiger partial charge in [-0.3, -0.25) is 4.79 Å². The van der Waals surface area contributed by atoms with E-state index in [4.69, 9.17) is 9.47 Å². The highest BCUT2D eigenvalue weighted by molar-refractivity contribution is 5.97. The number of rotatable bonds is 6. The molecule has 3 nitrogen and oxygen atoms in total. The van der Waals surface area contributed by atoms with Gasteiger partial charge in [-0.05, 0) is 30.2 Å². The van der Waals surface area contributed by atoms with Crippen molar-refractivity contribution in [2.24, 2.45) is 5.92 Å². The summed E-state index contributed by atoms with van der Waals surface area (Å²) in [5.41, 5.74) is 0.652. The molecule has 3 heteroatoms. The summed E-state index contributed by atoms with van der Waals surface area (Å²) in [6.45, 7) is 4.99. The van der Waals surface area contributed by atoms with Crippen LogP contribution in [0.3, 0.4) is 0 Å². The summed E-state index contributed by atoms with van der Waals surface area (Å²) in [4.78, 5) is 11.5. The maximum atomic E-state index is 11.5. The SMILES string of the molecule is COCC(=O)c1ccc(OCC(C)C)cc1. The van der Waals surface area contributed by atoms with Crippen LogP contribution in [0.2, 0.25) is 0 Å². The molecule has 1 aromatic carbocycles. The molecule has 1 rings (SSSR count). The van der Waals surface area contributed by atoms with Gasteiger partial charge in [-0.1, -0.05) is 13.8 Å². The van der Waals surface area contributed by atoms with Gasteiger partial charge in [0.15, 0.2) is 5.78 Å². The van der Waals surface area contributed by atoms with Crippen molar-refractivity contribution in [2.45, 2.75) is 13.8 Å². The van der Waals surface area contributed by atoms with Crippen molar-refractivity contribution in [1.29, 1.82) is 0 Å². The van der Waals surface area contributed by atoms with Gasteiger partial charge in [-0.25, -0.2) is 0 Å². The maximum Gasteiger partial charge on any atom is 0.188 e. The monoisotopic (exact) mass is 222 g/mol. The lowest BCUT2D eigenvalue weighted by Crippen LogP contribution is -2.07. The van der Waals surface area contributed by atoms with E-state index in [0.717, 1.165) is 5.75 Å². The van der Waals surface area contributed by atoms with Crippen LogP contribution < -0.4 is 4.74 Å². The molecule has 0 heterocycles. The zero-order valence-electron chi connectivity index (χ0n) is 10.0.